The van der Waals surface area contributed by atoms with Gasteiger partial charge in [-0.15, -0.1) is 0 Å². The number of hydrogen-bond donors (Lipinski definition) is 0. The molecule has 2 nitrogen and oxygen atoms in total. The Morgan fingerprint density at radius 2 is 2.12 bits per heavy atom. The van der Waals surface area contributed by atoms with Crippen LogP contribution in [-0.2, 0) is 4.74 Å². The molecule has 1 aliphatic carbocycles. The fourth-order valence-corrected chi connectivity index (χ4v) is 2.29. The molecule has 1 atom stereocenters. The number of hydrogen-bond acceptors (Lipinski definition) is 2. The second-order valence-corrected chi connectivity index (χ2v) is 4.33. The summed E-state index contributed by atoms with van der Waals surface area (Å²) in [4.78, 5) is 12.2. The molecule has 2 rings (SSSR count). The van der Waals surface area contributed by atoms with Crippen molar-refractivity contribution in [3.8, 4) is 0 Å². The topological polar surface area (TPSA) is 26.3 Å². The Bertz CT molecular complexity index is 446. The Labute approximate surface area is 102 Å². The van der Waals surface area contributed by atoms with Gasteiger partial charge in [0.2, 0.25) is 0 Å². The fraction of sp³-hybridized carbons (Fsp3) is 0.400. The van der Waals surface area contributed by atoms with Crippen LogP contribution in [0.2, 0.25) is 0 Å². The zero-order chi connectivity index (χ0) is 12.3. The van der Waals surface area contributed by atoms with Crippen molar-refractivity contribution in [2.75, 3.05) is 7.11 Å². The van der Waals surface area contributed by atoms with Crippen LogP contribution in [0, 0.1) is 0 Å². The molecule has 90 valence electrons. The third kappa shape index (κ3) is 2.18. The van der Waals surface area contributed by atoms with E-state index in [-0.39, 0.29) is 11.9 Å². The van der Waals surface area contributed by atoms with Gasteiger partial charge in [-0.1, -0.05) is 50.1 Å². The van der Waals surface area contributed by atoms with Crippen molar-refractivity contribution < 1.29 is 9.53 Å². The summed E-state index contributed by atoms with van der Waals surface area (Å²) in [5, 5.41) is 0. The van der Waals surface area contributed by atoms with Crippen molar-refractivity contribution in [1.29, 1.82) is 0 Å². The molecule has 0 radical (unpaired) electrons. The highest BCUT2D eigenvalue weighted by Crippen LogP contribution is 2.37. The molecular weight excluding hydrogens is 212 g/mol. The summed E-state index contributed by atoms with van der Waals surface area (Å²) in [5.41, 5.74) is 2.60. The lowest BCUT2D eigenvalue weighted by atomic mass is 10.1. The normalized spacial score (nSPS) is 20.9. The highest BCUT2D eigenvalue weighted by Gasteiger charge is 2.33. The molecule has 0 N–H and O–H groups in total. The molecule has 17 heavy (non-hydrogen) atoms. The van der Waals surface area contributed by atoms with Gasteiger partial charge in [0.15, 0.2) is 5.78 Å². The molecule has 0 aromatic heterocycles. The Balaban J connectivity index is 2.32. The Hall–Kier alpha value is -1.41. The number of methoxy groups -OCH3 is 1. The number of rotatable bonds is 4. The summed E-state index contributed by atoms with van der Waals surface area (Å²) in [7, 11) is 1.66. The maximum Gasteiger partial charge on any atom is 0.192 e. The first-order valence-corrected chi connectivity index (χ1v) is 6.16. The number of ketones is 1. The van der Waals surface area contributed by atoms with Crippen LogP contribution in [0.1, 0.15) is 48.2 Å². The van der Waals surface area contributed by atoms with E-state index in [0.29, 0.717) is 0 Å². The van der Waals surface area contributed by atoms with Gasteiger partial charge in [-0.3, -0.25) is 4.79 Å². The summed E-state index contributed by atoms with van der Waals surface area (Å²) in [6.45, 7) is 2.15. The maximum atomic E-state index is 12.2. The first-order valence-electron chi connectivity index (χ1n) is 6.16. The van der Waals surface area contributed by atoms with Crippen molar-refractivity contribution in [3.63, 3.8) is 0 Å². The minimum absolute atomic E-state index is 0.128. The number of benzene rings is 1. The Morgan fingerprint density at radius 1 is 1.35 bits per heavy atom. The molecule has 0 fully saturated rings. The number of Topliss-reactive ketones (excluding diaryl/α,β-unsaturated/α-hetero) is 1. The van der Waals surface area contributed by atoms with Gasteiger partial charge in [0.1, 0.15) is 6.10 Å². The predicted octanol–water partition coefficient (Wildman–Crippen LogP) is 3.69. The summed E-state index contributed by atoms with van der Waals surface area (Å²) in [5.74, 6) is 0.128. The van der Waals surface area contributed by atoms with E-state index in [4.69, 9.17) is 4.74 Å². The van der Waals surface area contributed by atoms with Crippen molar-refractivity contribution in [2.24, 2.45) is 0 Å². The van der Waals surface area contributed by atoms with Crippen LogP contribution >= 0.6 is 0 Å². The SMILES string of the molecule is CCCC/C=C1\C(=O)c2ccccc2C1OC. The van der Waals surface area contributed by atoms with Gasteiger partial charge in [-0.25, -0.2) is 0 Å². The molecular formula is C15H18O2. The molecule has 2 heteroatoms. The van der Waals surface area contributed by atoms with Gasteiger partial charge in [0, 0.05) is 18.2 Å². The summed E-state index contributed by atoms with van der Waals surface area (Å²) in [6.07, 6.45) is 5.08. The minimum Gasteiger partial charge on any atom is -0.372 e. The first-order chi connectivity index (χ1) is 8.29. The van der Waals surface area contributed by atoms with E-state index in [2.05, 4.69) is 6.92 Å². The van der Waals surface area contributed by atoms with Crippen LogP contribution in [0.25, 0.3) is 0 Å². The largest absolute Gasteiger partial charge is 0.372 e. The number of unbranched alkanes of at least 4 members (excludes halogenated alkanes) is 2. The molecule has 1 aromatic rings. The van der Waals surface area contributed by atoms with Gasteiger partial charge in [0.25, 0.3) is 0 Å². The first kappa shape index (κ1) is 12.1. The van der Waals surface area contributed by atoms with Crippen LogP contribution in [-0.4, -0.2) is 12.9 Å². The summed E-state index contributed by atoms with van der Waals surface area (Å²) in [6, 6.07) is 7.71. The Kier molecular flexibility index (Phi) is 3.75. The van der Waals surface area contributed by atoms with Gasteiger partial charge in [-0.05, 0) is 12.0 Å². The van der Waals surface area contributed by atoms with Crippen LogP contribution in [0.3, 0.4) is 0 Å². The molecule has 0 heterocycles. The summed E-state index contributed by atoms with van der Waals surface area (Å²) < 4.78 is 5.46. The van der Waals surface area contributed by atoms with E-state index >= 15 is 0 Å². The standard InChI is InChI=1S/C15H18O2/c1-3-4-5-10-13-14(16)11-8-6-7-9-12(11)15(13)17-2/h6-10,15H,3-5H2,1-2H3/b13-10+. The lowest BCUT2D eigenvalue weighted by Gasteiger charge is -2.10. The van der Waals surface area contributed by atoms with Crippen molar-refractivity contribution in [2.45, 2.75) is 32.3 Å². The van der Waals surface area contributed by atoms with E-state index in [1.54, 1.807) is 7.11 Å². The van der Waals surface area contributed by atoms with Crippen molar-refractivity contribution in [1.82, 2.24) is 0 Å². The number of carbonyl (C=O) groups is 1. The zero-order valence-electron chi connectivity index (χ0n) is 10.4. The minimum atomic E-state index is -0.171. The average Bonchev–Trinajstić information content (AvgIpc) is 2.63. The van der Waals surface area contributed by atoms with Crippen LogP contribution < -0.4 is 0 Å². The number of fused-ring (bicyclic) bond motifs is 1. The molecule has 0 bridgehead atoms. The van der Waals surface area contributed by atoms with Crippen molar-refractivity contribution in [3.05, 3.63) is 47.0 Å². The van der Waals surface area contributed by atoms with E-state index in [1.807, 2.05) is 30.3 Å². The van der Waals surface area contributed by atoms with Crippen LogP contribution in [0.5, 0.6) is 0 Å². The highest BCUT2D eigenvalue weighted by molar-refractivity contribution is 6.13. The molecule has 0 aliphatic heterocycles. The quantitative estimate of drug-likeness (QED) is 0.582. The van der Waals surface area contributed by atoms with Gasteiger partial charge in [-0.2, -0.15) is 0 Å². The molecule has 0 amide bonds. The molecule has 1 aliphatic rings. The zero-order valence-corrected chi connectivity index (χ0v) is 10.4. The molecule has 0 saturated carbocycles. The molecule has 1 aromatic carbocycles. The van der Waals surface area contributed by atoms with Gasteiger partial charge in [0.05, 0.1) is 0 Å². The lowest BCUT2D eigenvalue weighted by Crippen LogP contribution is -2.02. The summed E-state index contributed by atoms with van der Waals surface area (Å²) >= 11 is 0. The van der Waals surface area contributed by atoms with Crippen molar-refractivity contribution >= 4 is 5.78 Å². The van der Waals surface area contributed by atoms with Gasteiger partial charge >= 0.3 is 0 Å². The third-order valence-corrected chi connectivity index (χ3v) is 3.19. The number of allylic oxidation sites excluding steroid dienone is 1. The second kappa shape index (κ2) is 5.28. The lowest BCUT2D eigenvalue weighted by molar-refractivity contribution is 0.0976. The van der Waals surface area contributed by atoms with E-state index in [9.17, 15) is 4.79 Å². The van der Waals surface area contributed by atoms with E-state index in [0.717, 1.165) is 36.0 Å². The van der Waals surface area contributed by atoms with Crippen LogP contribution in [0.15, 0.2) is 35.9 Å². The van der Waals surface area contributed by atoms with E-state index < -0.39 is 0 Å². The van der Waals surface area contributed by atoms with Gasteiger partial charge < -0.3 is 4.74 Å². The van der Waals surface area contributed by atoms with Crippen LogP contribution in [0.4, 0.5) is 0 Å². The number of ether oxygens (including phenoxy) is 1. The third-order valence-electron chi connectivity index (χ3n) is 3.19. The fourth-order valence-electron chi connectivity index (χ4n) is 2.29. The predicted molar refractivity (Wildman–Crippen MR) is 68.1 cm³/mol. The molecule has 0 saturated heterocycles. The average molecular weight is 230 g/mol. The maximum absolute atomic E-state index is 12.2. The monoisotopic (exact) mass is 230 g/mol. The smallest absolute Gasteiger partial charge is 0.192 e. The number of carbonyl (C=O) groups excluding carboxylic acids is 1. The highest BCUT2D eigenvalue weighted by atomic mass is 16.5. The Morgan fingerprint density at radius 3 is 2.82 bits per heavy atom. The molecule has 0 spiro atoms. The second-order valence-electron chi connectivity index (χ2n) is 4.33. The molecule has 1 unspecified atom stereocenters. The van der Waals surface area contributed by atoms with E-state index in [1.165, 1.54) is 0 Å².